The van der Waals surface area contributed by atoms with Gasteiger partial charge in [0, 0.05) is 45.3 Å². The van der Waals surface area contributed by atoms with Gasteiger partial charge in [0.05, 0.1) is 13.2 Å². The van der Waals surface area contributed by atoms with Crippen LogP contribution in [0, 0.1) is 0 Å². The molecule has 0 aliphatic rings. The summed E-state index contributed by atoms with van der Waals surface area (Å²) in [6.07, 6.45) is 2.49. The minimum Gasteiger partial charge on any atom is -0.468 e. The molecule has 0 heterocycles. The Morgan fingerprint density at radius 1 is 1.15 bits per heavy atom. The van der Waals surface area contributed by atoms with Gasteiger partial charge in [0.15, 0.2) is 5.78 Å². The van der Waals surface area contributed by atoms with Crippen molar-refractivity contribution in [1.82, 2.24) is 10.2 Å². The summed E-state index contributed by atoms with van der Waals surface area (Å²) >= 11 is 0. The molecular weight excluding hydrogens is 348 g/mol. The second kappa shape index (κ2) is 12.6. The van der Waals surface area contributed by atoms with E-state index in [1.807, 2.05) is 31.2 Å². The topological polar surface area (TPSA) is 84.9 Å². The van der Waals surface area contributed by atoms with Gasteiger partial charge in [0.1, 0.15) is 6.61 Å². The van der Waals surface area contributed by atoms with Crippen LogP contribution >= 0.6 is 0 Å². The average Bonchev–Trinajstić information content (AvgIpc) is 2.65. The van der Waals surface area contributed by atoms with Crippen LogP contribution in [0.3, 0.4) is 0 Å². The summed E-state index contributed by atoms with van der Waals surface area (Å²) in [6, 6.07) is 7.63. The molecule has 0 radical (unpaired) electrons. The molecule has 148 valence electrons. The zero-order valence-electron chi connectivity index (χ0n) is 16.2. The third-order valence-corrected chi connectivity index (χ3v) is 3.86. The van der Waals surface area contributed by atoms with Gasteiger partial charge in [0.25, 0.3) is 6.47 Å². The molecule has 0 saturated heterocycles. The Kier molecular flexibility index (Phi) is 10.5. The lowest BCUT2D eigenvalue weighted by Gasteiger charge is -2.17. The highest BCUT2D eigenvalue weighted by atomic mass is 16.5. The molecule has 7 heteroatoms. The zero-order valence-corrected chi connectivity index (χ0v) is 16.2. The lowest BCUT2D eigenvalue weighted by Crippen LogP contribution is -2.30. The first kappa shape index (κ1) is 22.4. The SMILES string of the molecule is CN/C(C)=C\C(=O)Cc1ccc(CN(C)C(=O)COCCCOC=O)cc1. The Labute approximate surface area is 160 Å². The average molecular weight is 376 g/mol. The van der Waals surface area contributed by atoms with Gasteiger partial charge >= 0.3 is 0 Å². The van der Waals surface area contributed by atoms with E-state index in [2.05, 4.69) is 10.1 Å². The molecule has 0 unspecified atom stereocenters. The molecule has 1 aromatic carbocycles. The number of ketones is 1. The number of carbonyl (C=O) groups is 3. The van der Waals surface area contributed by atoms with Crippen LogP contribution in [0.1, 0.15) is 24.5 Å². The maximum absolute atomic E-state index is 12.0. The molecule has 0 spiro atoms. The summed E-state index contributed by atoms with van der Waals surface area (Å²) in [4.78, 5) is 35.5. The van der Waals surface area contributed by atoms with Crippen molar-refractivity contribution in [2.75, 3.05) is 33.9 Å². The van der Waals surface area contributed by atoms with Gasteiger partial charge in [-0.25, -0.2) is 0 Å². The summed E-state index contributed by atoms with van der Waals surface area (Å²) < 4.78 is 9.81. The monoisotopic (exact) mass is 376 g/mol. The summed E-state index contributed by atoms with van der Waals surface area (Å²) in [5.74, 6) is -0.0872. The molecule has 0 fully saturated rings. The second-order valence-electron chi connectivity index (χ2n) is 6.16. The number of amides is 1. The van der Waals surface area contributed by atoms with Gasteiger partial charge in [-0.1, -0.05) is 24.3 Å². The van der Waals surface area contributed by atoms with Crippen LogP contribution in [0.5, 0.6) is 0 Å². The number of ether oxygens (including phenoxy) is 2. The van der Waals surface area contributed by atoms with E-state index in [0.717, 1.165) is 16.8 Å². The molecule has 0 saturated carbocycles. The number of rotatable bonds is 13. The molecule has 1 aromatic rings. The Balaban J connectivity index is 2.39. The van der Waals surface area contributed by atoms with Crippen molar-refractivity contribution >= 4 is 18.2 Å². The van der Waals surface area contributed by atoms with E-state index >= 15 is 0 Å². The van der Waals surface area contributed by atoms with Gasteiger partial charge in [-0.2, -0.15) is 0 Å². The Bertz CT molecular complexity index is 640. The smallest absolute Gasteiger partial charge is 0.293 e. The van der Waals surface area contributed by atoms with Crippen LogP contribution in [0.2, 0.25) is 0 Å². The van der Waals surface area contributed by atoms with Crippen molar-refractivity contribution in [2.45, 2.75) is 26.3 Å². The van der Waals surface area contributed by atoms with Gasteiger partial charge in [-0.15, -0.1) is 0 Å². The standard InChI is InChI=1S/C20H28N2O5/c1-16(21-2)11-19(24)12-17-5-7-18(8-6-17)13-22(3)20(25)14-26-9-4-10-27-15-23/h5-8,11,15,21H,4,9-10,12-14H2,1-3H3/b16-11-. The van der Waals surface area contributed by atoms with Crippen molar-refractivity contribution in [3.63, 3.8) is 0 Å². The van der Waals surface area contributed by atoms with Crippen LogP contribution in [0.15, 0.2) is 36.0 Å². The predicted molar refractivity (Wildman–Crippen MR) is 102 cm³/mol. The molecule has 1 amide bonds. The number of hydrogen-bond donors (Lipinski definition) is 1. The van der Waals surface area contributed by atoms with Gasteiger partial charge in [-0.05, 0) is 18.1 Å². The summed E-state index contributed by atoms with van der Waals surface area (Å²) in [5, 5.41) is 2.92. The number of nitrogens with zero attached hydrogens (tertiary/aromatic N) is 1. The van der Waals surface area contributed by atoms with E-state index < -0.39 is 0 Å². The Morgan fingerprint density at radius 2 is 1.81 bits per heavy atom. The quantitative estimate of drug-likeness (QED) is 0.319. The Morgan fingerprint density at radius 3 is 2.44 bits per heavy atom. The summed E-state index contributed by atoms with van der Waals surface area (Å²) in [6.45, 7) is 3.33. The highest BCUT2D eigenvalue weighted by Crippen LogP contribution is 2.09. The maximum Gasteiger partial charge on any atom is 0.293 e. The first-order valence-electron chi connectivity index (χ1n) is 8.80. The number of likely N-dealkylation sites (N-methyl/N-ethyl adjacent to an activating group) is 1. The molecule has 0 atom stereocenters. The molecule has 27 heavy (non-hydrogen) atoms. The highest BCUT2D eigenvalue weighted by molar-refractivity contribution is 5.91. The van der Waals surface area contributed by atoms with Crippen molar-refractivity contribution < 1.29 is 23.9 Å². The van der Waals surface area contributed by atoms with Crippen molar-refractivity contribution in [3.05, 3.63) is 47.2 Å². The third kappa shape index (κ3) is 9.55. The van der Waals surface area contributed by atoms with E-state index in [0.29, 0.717) is 32.5 Å². The first-order valence-corrected chi connectivity index (χ1v) is 8.80. The van der Waals surface area contributed by atoms with Crippen LogP contribution in [0.25, 0.3) is 0 Å². The number of allylic oxidation sites excluding steroid dienone is 2. The van der Waals surface area contributed by atoms with Crippen molar-refractivity contribution in [3.8, 4) is 0 Å². The summed E-state index contributed by atoms with van der Waals surface area (Å²) in [7, 11) is 3.49. The third-order valence-electron chi connectivity index (χ3n) is 3.86. The molecule has 1 N–H and O–H groups in total. The lowest BCUT2D eigenvalue weighted by molar-refractivity contribution is -0.136. The predicted octanol–water partition coefficient (Wildman–Crippen LogP) is 1.46. The molecular formula is C20H28N2O5. The fourth-order valence-electron chi connectivity index (χ4n) is 2.25. The van der Waals surface area contributed by atoms with Crippen molar-refractivity contribution in [2.24, 2.45) is 0 Å². The fraction of sp³-hybridized carbons (Fsp3) is 0.450. The Hall–Kier alpha value is -2.67. The number of carbonyl (C=O) groups excluding carboxylic acids is 3. The van der Waals surface area contributed by atoms with Gasteiger partial charge in [0.2, 0.25) is 5.91 Å². The lowest BCUT2D eigenvalue weighted by atomic mass is 10.1. The first-order chi connectivity index (χ1) is 13.0. The van der Waals surface area contributed by atoms with Crippen molar-refractivity contribution in [1.29, 1.82) is 0 Å². The fourth-order valence-corrected chi connectivity index (χ4v) is 2.25. The second-order valence-corrected chi connectivity index (χ2v) is 6.16. The van der Waals surface area contributed by atoms with E-state index in [1.165, 1.54) is 0 Å². The molecule has 0 aliphatic heterocycles. The highest BCUT2D eigenvalue weighted by Gasteiger charge is 2.10. The van der Waals surface area contributed by atoms with E-state index in [9.17, 15) is 14.4 Å². The normalized spacial score (nSPS) is 11.0. The number of nitrogens with one attached hydrogen (secondary N) is 1. The minimum atomic E-state index is -0.127. The van der Waals surface area contributed by atoms with Crippen LogP contribution in [-0.4, -0.2) is 57.0 Å². The molecule has 0 aliphatic carbocycles. The number of benzene rings is 1. The van der Waals surface area contributed by atoms with E-state index in [-0.39, 0.29) is 24.9 Å². The molecule has 1 rings (SSSR count). The van der Waals surface area contributed by atoms with E-state index in [4.69, 9.17) is 4.74 Å². The number of hydrogen-bond acceptors (Lipinski definition) is 6. The van der Waals surface area contributed by atoms with Gasteiger partial charge < -0.3 is 19.7 Å². The minimum absolute atomic E-state index is 0.0126. The maximum atomic E-state index is 12.0. The largest absolute Gasteiger partial charge is 0.468 e. The van der Waals surface area contributed by atoms with Crippen LogP contribution in [0.4, 0.5) is 0 Å². The molecule has 0 bridgehead atoms. The van der Waals surface area contributed by atoms with Crippen LogP contribution < -0.4 is 5.32 Å². The van der Waals surface area contributed by atoms with Crippen LogP contribution in [-0.2, 0) is 36.8 Å². The molecule has 0 aromatic heterocycles. The van der Waals surface area contributed by atoms with Gasteiger partial charge in [-0.3, -0.25) is 14.4 Å². The summed E-state index contributed by atoms with van der Waals surface area (Å²) in [5.41, 5.74) is 2.73. The zero-order chi connectivity index (χ0) is 20.1. The van der Waals surface area contributed by atoms with E-state index in [1.54, 1.807) is 25.1 Å². The molecule has 7 nitrogen and oxygen atoms in total.